The van der Waals surface area contributed by atoms with Gasteiger partial charge in [0.25, 0.3) is 0 Å². The van der Waals surface area contributed by atoms with E-state index in [0.29, 0.717) is 24.5 Å². The summed E-state index contributed by atoms with van der Waals surface area (Å²) in [6.45, 7) is 3.06. The number of fused-ring (bicyclic) bond motifs is 1. The van der Waals surface area contributed by atoms with E-state index in [1.165, 1.54) is 11.8 Å². The van der Waals surface area contributed by atoms with Crippen molar-refractivity contribution in [3.63, 3.8) is 0 Å². The molecule has 8 heteroatoms. The number of esters is 1. The van der Waals surface area contributed by atoms with E-state index in [0.717, 1.165) is 14.6 Å². The number of amides is 1. The van der Waals surface area contributed by atoms with Crippen molar-refractivity contribution in [1.82, 2.24) is 4.98 Å². The van der Waals surface area contributed by atoms with Crippen molar-refractivity contribution in [2.75, 3.05) is 30.9 Å². The van der Waals surface area contributed by atoms with Gasteiger partial charge >= 0.3 is 5.97 Å². The predicted octanol–water partition coefficient (Wildman–Crippen LogP) is 4.22. The van der Waals surface area contributed by atoms with Crippen molar-refractivity contribution in [2.24, 2.45) is 0 Å². The number of hydrogen-bond donors (Lipinski definition) is 1. The SMILES string of the molecule is CCOCCOC(=O)c1ccc(NC(=O)CSc2nc3ccccc3s2)cc1. The standard InChI is InChI=1S/C20H20N2O4S2/c1-2-25-11-12-26-19(24)14-7-9-15(10-8-14)21-18(23)13-27-20-22-16-5-3-4-6-17(16)28-20/h3-10H,2,11-13H2,1H3,(H,21,23). The molecule has 0 spiro atoms. The van der Waals surface area contributed by atoms with E-state index in [4.69, 9.17) is 9.47 Å². The first-order valence-corrected chi connectivity index (χ1v) is 10.6. The fourth-order valence-electron chi connectivity index (χ4n) is 2.35. The largest absolute Gasteiger partial charge is 0.460 e. The van der Waals surface area contributed by atoms with Gasteiger partial charge in [0, 0.05) is 12.3 Å². The number of thiazole rings is 1. The molecule has 0 fully saturated rings. The van der Waals surface area contributed by atoms with E-state index in [9.17, 15) is 9.59 Å². The first kappa shape index (κ1) is 20.3. The van der Waals surface area contributed by atoms with Crippen LogP contribution in [-0.4, -0.2) is 42.4 Å². The molecule has 0 bridgehead atoms. The number of ether oxygens (including phenoxy) is 2. The van der Waals surface area contributed by atoms with E-state index >= 15 is 0 Å². The maximum atomic E-state index is 12.2. The van der Waals surface area contributed by atoms with Crippen molar-refractivity contribution >= 4 is 50.9 Å². The molecule has 28 heavy (non-hydrogen) atoms. The summed E-state index contributed by atoms with van der Waals surface area (Å²) >= 11 is 2.98. The third-order valence-corrected chi connectivity index (χ3v) is 5.85. The number of para-hydroxylation sites is 1. The quantitative estimate of drug-likeness (QED) is 0.320. The van der Waals surface area contributed by atoms with Gasteiger partial charge in [-0.1, -0.05) is 23.9 Å². The van der Waals surface area contributed by atoms with Crippen LogP contribution in [0.1, 0.15) is 17.3 Å². The fourth-order valence-corrected chi connectivity index (χ4v) is 4.22. The molecule has 0 aliphatic carbocycles. The van der Waals surface area contributed by atoms with Crippen molar-refractivity contribution in [3.05, 3.63) is 54.1 Å². The zero-order valence-corrected chi connectivity index (χ0v) is 17.0. The number of carbonyl (C=O) groups is 2. The average molecular weight is 417 g/mol. The third-order valence-electron chi connectivity index (χ3n) is 3.67. The summed E-state index contributed by atoms with van der Waals surface area (Å²) in [7, 11) is 0. The minimum Gasteiger partial charge on any atom is -0.460 e. The van der Waals surface area contributed by atoms with Crippen LogP contribution in [0.5, 0.6) is 0 Å². The Bertz CT molecular complexity index is 908. The summed E-state index contributed by atoms with van der Waals surface area (Å²) in [5, 5.41) is 2.82. The second-order valence-corrected chi connectivity index (χ2v) is 7.95. The van der Waals surface area contributed by atoms with Crippen molar-refractivity contribution in [3.8, 4) is 0 Å². The highest BCUT2D eigenvalue weighted by Gasteiger charge is 2.10. The molecule has 3 aromatic rings. The van der Waals surface area contributed by atoms with Crippen molar-refractivity contribution in [1.29, 1.82) is 0 Å². The topological polar surface area (TPSA) is 77.5 Å². The summed E-state index contributed by atoms with van der Waals surface area (Å²) in [6.07, 6.45) is 0. The van der Waals surface area contributed by atoms with E-state index in [2.05, 4.69) is 10.3 Å². The lowest BCUT2D eigenvalue weighted by Crippen LogP contribution is -2.14. The highest BCUT2D eigenvalue weighted by atomic mass is 32.2. The molecule has 0 saturated carbocycles. The Morgan fingerprint density at radius 2 is 1.89 bits per heavy atom. The summed E-state index contributed by atoms with van der Waals surface area (Å²) < 4.78 is 12.2. The zero-order chi connectivity index (χ0) is 19.8. The second kappa shape index (κ2) is 10.2. The summed E-state index contributed by atoms with van der Waals surface area (Å²) in [6, 6.07) is 14.5. The molecule has 1 heterocycles. The smallest absolute Gasteiger partial charge is 0.338 e. The molecule has 1 aromatic heterocycles. The maximum absolute atomic E-state index is 12.2. The number of anilines is 1. The molecule has 0 atom stereocenters. The van der Waals surface area contributed by atoms with Gasteiger partial charge in [0.1, 0.15) is 6.61 Å². The normalized spacial score (nSPS) is 10.8. The lowest BCUT2D eigenvalue weighted by Gasteiger charge is -2.07. The predicted molar refractivity (Wildman–Crippen MR) is 112 cm³/mol. The molecule has 3 rings (SSSR count). The van der Waals surface area contributed by atoms with Gasteiger partial charge in [0.15, 0.2) is 4.34 Å². The number of carbonyl (C=O) groups excluding carboxylic acids is 2. The van der Waals surface area contributed by atoms with E-state index in [1.54, 1.807) is 35.6 Å². The van der Waals surface area contributed by atoms with E-state index in [1.807, 2.05) is 31.2 Å². The minimum atomic E-state index is -0.413. The number of nitrogens with one attached hydrogen (secondary N) is 1. The van der Waals surface area contributed by atoms with Crippen LogP contribution in [0.15, 0.2) is 52.9 Å². The van der Waals surface area contributed by atoms with E-state index in [-0.39, 0.29) is 18.3 Å². The molecule has 2 aromatic carbocycles. The van der Waals surface area contributed by atoms with Gasteiger partial charge in [0.05, 0.1) is 28.1 Å². The summed E-state index contributed by atoms with van der Waals surface area (Å²) in [5.41, 5.74) is 2.00. The molecular formula is C20H20N2O4S2. The molecule has 6 nitrogen and oxygen atoms in total. The lowest BCUT2D eigenvalue weighted by molar-refractivity contribution is -0.113. The number of nitrogens with zero attached hydrogens (tertiary/aromatic N) is 1. The van der Waals surface area contributed by atoms with Gasteiger partial charge in [0.2, 0.25) is 5.91 Å². The molecule has 0 saturated heterocycles. The molecule has 1 N–H and O–H groups in total. The van der Waals surface area contributed by atoms with Crippen LogP contribution in [0.3, 0.4) is 0 Å². The van der Waals surface area contributed by atoms with Gasteiger partial charge in [-0.2, -0.15) is 0 Å². The molecule has 0 radical (unpaired) electrons. The minimum absolute atomic E-state index is 0.128. The first-order chi connectivity index (χ1) is 13.7. The van der Waals surface area contributed by atoms with Crippen molar-refractivity contribution < 1.29 is 19.1 Å². The number of hydrogen-bond acceptors (Lipinski definition) is 7. The van der Waals surface area contributed by atoms with Crippen LogP contribution in [0.4, 0.5) is 5.69 Å². The Hall–Kier alpha value is -2.42. The molecule has 0 unspecified atom stereocenters. The Labute approximate surface area is 171 Å². The highest BCUT2D eigenvalue weighted by molar-refractivity contribution is 8.01. The van der Waals surface area contributed by atoms with Crippen molar-refractivity contribution in [2.45, 2.75) is 11.3 Å². The molecule has 146 valence electrons. The van der Waals surface area contributed by atoms with Crippen LogP contribution in [0.25, 0.3) is 10.2 Å². The van der Waals surface area contributed by atoms with Crippen LogP contribution >= 0.6 is 23.1 Å². The van der Waals surface area contributed by atoms with Crippen LogP contribution in [0.2, 0.25) is 0 Å². The Balaban J connectivity index is 1.46. The lowest BCUT2D eigenvalue weighted by atomic mass is 10.2. The van der Waals surface area contributed by atoms with Gasteiger partial charge < -0.3 is 14.8 Å². The van der Waals surface area contributed by atoms with Gasteiger partial charge in [-0.15, -0.1) is 11.3 Å². The van der Waals surface area contributed by atoms with Gasteiger partial charge in [-0.25, -0.2) is 9.78 Å². The summed E-state index contributed by atoms with van der Waals surface area (Å²) in [4.78, 5) is 28.6. The third kappa shape index (κ3) is 5.79. The highest BCUT2D eigenvalue weighted by Crippen LogP contribution is 2.29. The van der Waals surface area contributed by atoms with Crippen LogP contribution in [-0.2, 0) is 14.3 Å². The average Bonchev–Trinajstić information content (AvgIpc) is 3.13. The van der Waals surface area contributed by atoms with Crippen LogP contribution in [0, 0.1) is 0 Å². The van der Waals surface area contributed by atoms with Crippen LogP contribution < -0.4 is 5.32 Å². The summed E-state index contributed by atoms with van der Waals surface area (Å²) in [5.74, 6) is -0.276. The van der Waals surface area contributed by atoms with Gasteiger partial charge in [-0.05, 0) is 43.3 Å². The Kier molecular flexibility index (Phi) is 7.41. The Morgan fingerprint density at radius 1 is 1.11 bits per heavy atom. The number of rotatable bonds is 9. The second-order valence-electron chi connectivity index (χ2n) is 5.69. The fraction of sp³-hybridized carbons (Fsp3) is 0.250. The monoisotopic (exact) mass is 416 g/mol. The number of aromatic nitrogens is 1. The molecular weight excluding hydrogens is 396 g/mol. The van der Waals surface area contributed by atoms with E-state index < -0.39 is 5.97 Å². The number of thioether (sulfide) groups is 1. The molecule has 0 aliphatic heterocycles. The zero-order valence-electron chi connectivity index (χ0n) is 15.3. The maximum Gasteiger partial charge on any atom is 0.338 e. The molecule has 0 aliphatic rings. The Morgan fingerprint density at radius 3 is 2.64 bits per heavy atom. The van der Waals surface area contributed by atoms with Gasteiger partial charge in [-0.3, -0.25) is 4.79 Å². The first-order valence-electron chi connectivity index (χ1n) is 8.79. The number of benzene rings is 2. The molecule has 1 amide bonds.